The maximum absolute atomic E-state index is 6.35. The Morgan fingerprint density at radius 1 is 1.33 bits per heavy atom. The van der Waals surface area contributed by atoms with Gasteiger partial charge in [0.25, 0.3) is 0 Å². The van der Waals surface area contributed by atoms with Crippen molar-refractivity contribution >= 4 is 56.6 Å². The molecule has 2 heterocycles. The van der Waals surface area contributed by atoms with Crippen molar-refractivity contribution < 1.29 is 0 Å². The Balaban J connectivity index is 2.21. The van der Waals surface area contributed by atoms with Crippen molar-refractivity contribution in [1.82, 2.24) is 14.5 Å². The zero-order valence-electron chi connectivity index (χ0n) is 12.0. The molecule has 0 aliphatic rings. The van der Waals surface area contributed by atoms with E-state index in [2.05, 4.69) is 64.2 Å². The maximum Gasteiger partial charge on any atom is 0.128 e. The summed E-state index contributed by atoms with van der Waals surface area (Å²) in [5.74, 6) is 0.897. The molecule has 1 aromatic carbocycles. The molecule has 0 N–H and O–H groups in total. The highest BCUT2D eigenvalue weighted by Gasteiger charge is 2.21. The molecule has 0 saturated carbocycles. The van der Waals surface area contributed by atoms with Crippen LogP contribution in [0.15, 0.2) is 24.4 Å². The Morgan fingerprint density at radius 2 is 2.10 bits per heavy atom. The van der Waals surface area contributed by atoms with Crippen molar-refractivity contribution in [2.75, 3.05) is 0 Å². The summed E-state index contributed by atoms with van der Waals surface area (Å²) in [5.41, 5.74) is 2.10. The van der Waals surface area contributed by atoms with Gasteiger partial charge in [-0.25, -0.2) is 9.97 Å². The predicted molar refractivity (Wildman–Crippen MR) is 97.4 cm³/mol. The molecule has 3 aromatic rings. The number of aromatic nitrogens is 3. The van der Waals surface area contributed by atoms with E-state index < -0.39 is 0 Å². The lowest BCUT2D eigenvalue weighted by Crippen LogP contribution is -2.11. The van der Waals surface area contributed by atoms with Gasteiger partial charge in [0, 0.05) is 14.6 Å². The predicted octanol–water partition coefficient (Wildman–Crippen LogP) is 5.31. The van der Waals surface area contributed by atoms with E-state index >= 15 is 0 Å². The highest BCUT2D eigenvalue weighted by molar-refractivity contribution is 14.1. The van der Waals surface area contributed by atoms with Gasteiger partial charge in [-0.05, 0) is 61.6 Å². The summed E-state index contributed by atoms with van der Waals surface area (Å²) in [6.45, 7) is 6.19. The normalized spacial score (nSPS) is 14.5. The molecule has 6 heteroatoms. The molecule has 0 saturated heterocycles. The van der Waals surface area contributed by atoms with Gasteiger partial charge in [0.2, 0.25) is 0 Å². The van der Waals surface area contributed by atoms with Crippen molar-refractivity contribution in [3.63, 3.8) is 0 Å². The summed E-state index contributed by atoms with van der Waals surface area (Å²) in [7, 11) is 0. The van der Waals surface area contributed by atoms with Crippen molar-refractivity contribution in [2.24, 2.45) is 0 Å². The van der Waals surface area contributed by atoms with E-state index in [-0.39, 0.29) is 11.4 Å². The lowest BCUT2D eigenvalue weighted by molar-refractivity contribution is 0.615. The molecule has 0 spiro atoms. The zero-order chi connectivity index (χ0) is 15.1. The van der Waals surface area contributed by atoms with E-state index in [9.17, 15) is 0 Å². The first kappa shape index (κ1) is 15.2. The fourth-order valence-corrected chi connectivity index (χ4v) is 3.90. The Bertz CT molecular complexity index is 793. The van der Waals surface area contributed by atoms with Crippen LogP contribution in [0.4, 0.5) is 0 Å². The average Bonchev–Trinajstić information content (AvgIpc) is 3.01. The van der Waals surface area contributed by atoms with Crippen LogP contribution in [0, 0.1) is 10.5 Å². The van der Waals surface area contributed by atoms with Gasteiger partial charge in [-0.3, -0.25) is 0 Å². The van der Waals surface area contributed by atoms with Crippen LogP contribution >= 0.6 is 45.5 Å². The second-order valence-corrected chi connectivity index (χ2v) is 8.24. The molecule has 2 aromatic heterocycles. The van der Waals surface area contributed by atoms with Crippen LogP contribution in [0.5, 0.6) is 0 Å². The van der Waals surface area contributed by atoms with Gasteiger partial charge >= 0.3 is 0 Å². The number of hydrogen-bond acceptors (Lipinski definition) is 3. The van der Waals surface area contributed by atoms with Gasteiger partial charge in [-0.1, -0.05) is 0 Å². The number of thiazole rings is 1. The van der Waals surface area contributed by atoms with E-state index in [1.54, 1.807) is 11.3 Å². The number of benzene rings is 1. The van der Waals surface area contributed by atoms with Gasteiger partial charge in [0.05, 0.1) is 22.5 Å². The topological polar surface area (TPSA) is 30.7 Å². The zero-order valence-corrected chi connectivity index (χ0v) is 15.7. The lowest BCUT2D eigenvalue weighted by atomic mass is 10.2. The van der Waals surface area contributed by atoms with Crippen LogP contribution in [0.2, 0.25) is 0 Å². The number of halogens is 2. The average molecular weight is 432 g/mol. The van der Waals surface area contributed by atoms with Crippen LogP contribution in [-0.2, 0) is 0 Å². The van der Waals surface area contributed by atoms with E-state index in [1.165, 1.54) is 8.45 Å². The fraction of sp³-hybridized carbons (Fsp3) is 0.333. The molecule has 110 valence electrons. The van der Waals surface area contributed by atoms with Gasteiger partial charge in [-0.2, -0.15) is 0 Å². The Kier molecular flexibility index (Phi) is 4.25. The fourth-order valence-electron chi connectivity index (χ4n) is 2.45. The van der Waals surface area contributed by atoms with Crippen LogP contribution in [0.1, 0.15) is 41.0 Å². The Labute approximate surface area is 146 Å². The summed E-state index contributed by atoms with van der Waals surface area (Å²) in [6.07, 6.45) is 1.92. The Hall–Kier alpha value is -0.660. The van der Waals surface area contributed by atoms with E-state index in [4.69, 9.17) is 16.6 Å². The number of rotatable bonds is 3. The maximum atomic E-state index is 6.35. The summed E-state index contributed by atoms with van der Waals surface area (Å²) >= 11 is 10.4. The third-order valence-electron chi connectivity index (χ3n) is 3.42. The second kappa shape index (κ2) is 5.85. The van der Waals surface area contributed by atoms with Crippen LogP contribution in [0.25, 0.3) is 11.0 Å². The first-order valence-corrected chi connectivity index (χ1v) is 9.04. The summed E-state index contributed by atoms with van der Waals surface area (Å²) in [5, 5.41) is 0.947. The van der Waals surface area contributed by atoms with Crippen molar-refractivity contribution in [3.05, 3.63) is 43.7 Å². The molecule has 0 aliphatic carbocycles. The highest BCUT2D eigenvalue weighted by Crippen LogP contribution is 2.32. The van der Waals surface area contributed by atoms with Gasteiger partial charge in [-0.15, -0.1) is 22.9 Å². The third kappa shape index (κ3) is 2.83. The second-order valence-electron chi connectivity index (χ2n) is 5.07. The van der Waals surface area contributed by atoms with Gasteiger partial charge in [0.15, 0.2) is 0 Å². The smallest absolute Gasteiger partial charge is 0.128 e. The van der Waals surface area contributed by atoms with Crippen LogP contribution in [-0.4, -0.2) is 14.5 Å². The largest absolute Gasteiger partial charge is 0.317 e. The van der Waals surface area contributed by atoms with E-state index in [1.807, 2.05) is 13.1 Å². The molecule has 0 fully saturated rings. The third-order valence-corrected chi connectivity index (χ3v) is 5.37. The van der Waals surface area contributed by atoms with Gasteiger partial charge < -0.3 is 4.57 Å². The van der Waals surface area contributed by atoms with E-state index in [0.717, 1.165) is 21.9 Å². The molecule has 0 aliphatic heterocycles. The molecule has 2 unspecified atom stereocenters. The summed E-state index contributed by atoms with van der Waals surface area (Å²) in [6, 6.07) is 6.44. The summed E-state index contributed by atoms with van der Waals surface area (Å²) in [4.78, 5) is 10.5. The summed E-state index contributed by atoms with van der Waals surface area (Å²) < 4.78 is 3.39. The molecule has 3 nitrogen and oxygen atoms in total. The van der Waals surface area contributed by atoms with Gasteiger partial charge in [0.1, 0.15) is 10.8 Å². The monoisotopic (exact) mass is 431 g/mol. The minimum Gasteiger partial charge on any atom is -0.317 e. The van der Waals surface area contributed by atoms with E-state index in [0.29, 0.717) is 0 Å². The number of alkyl halides is 1. The van der Waals surface area contributed by atoms with Crippen LogP contribution < -0.4 is 0 Å². The minimum atomic E-state index is -0.140. The quantitative estimate of drug-likeness (QED) is 0.415. The molecular weight excluding hydrogens is 417 g/mol. The first-order valence-electron chi connectivity index (χ1n) is 6.71. The molecule has 0 bridgehead atoms. The lowest BCUT2D eigenvalue weighted by Gasteiger charge is -2.16. The molecule has 0 radical (unpaired) electrons. The number of aryl methyl sites for hydroxylation is 1. The SMILES string of the molecule is Cc1cnc(C(C)n2c(C(C)Cl)nc3cc(I)ccc32)s1. The highest BCUT2D eigenvalue weighted by atomic mass is 127. The number of fused-ring (bicyclic) bond motifs is 1. The Morgan fingerprint density at radius 3 is 2.71 bits per heavy atom. The number of imidazole rings is 1. The molecular formula is C15H15ClIN3S. The van der Waals surface area contributed by atoms with Crippen LogP contribution in [0.3, 0.4) is 0 Å². The molecule has 21 heavy (non-hydrogen) atoms. The molecule has 3 rings (SSSR count). The van der Waals surface area contributed by atoms with Crippen molar-refractivity contribution in [1.29, 1.82) is 0 Å². The number of hydrogen-bond donors (Lipinski definition) is 0. The standard InChI is InChI=1S/C15H15ClIN3S/c1-8-7-18-15(21-8)10(3)20-13-5-4-11(17)6-12(13)19-14(20)9(2)16/h4-7,9-10H,1-3H3. The first-order chi connectivity index (χ1) is 9.97. The van der Waals surface area contributed by atoms with Crippen molar-refractivity contribution in [3.8, 4) is 0 Å². The minimum absolute atomic E-state index is 0.130. The van der Waals surface area contributed by atoms with Crippen molar-refractivity contribution in [2.45, 2.75) is 32.2 Å². The molecule has 0 amide bonds. The number of nitrogens with zero attached hydrogens (tertiary/aromatic N) is 3. The molecule has 2 atom stereocenters.